The molecule has 0 amide bonds. The van der Waals surface area contributed by atoms with Crippen molar-refractivity contribution in [3.05, 3.63) is 29.6 Å². The molecule has 3 rings (SSSR count). The highest BCUT2D eigenvalue weighted by Gasteiger charge is 2.28. The number of anilines is 1. The van der Waals surface area contributed by atoms with Crippen molar-refractivity contribution in [3.8, 4) is 0 Å². The Kier molecular flexibility index (Phi) is 3.48. The van der Waals surface area contributed by atoms with Crippen molar-refractivity contribution >= 4 is 5.69 Å². The molecule has 2 aliphatic rings. The van der Waals surface area contributed by atoms with E-state index in [0.717, 1.165) is 25.2 Å². The molecule has 1 aromatic rings. The van der Waals surface area contributed by atoms with Crippen molar-refractivity contribution in [2.24, 2.45) is 11.8 Å². The maximum Gasteiger partial charge on any atom is 0.123 e. The van der Waals surface area contributed by atoms with E-state index in [2.05, 4.69) is 24.1 Å². The van der Waals surface area contributed by atoms with Gasteiger partial charge in [0.05, 0.1) is 0 Å². The summed E-state index contributed by atoms with van der Waals surface area (Å²) in [6.45, 7) is 7.57. The number of halogens is 1. The molecule has 0 spiro atoms. The first kappa shape index (κ1) is 12.9. The molecule has 1 N–H and O–H groups in total. The number of nitrogens with one attached hydrogen (secondary N) is 1. The second-order valence-corrected chi connectivity index (χ2v) is 6.29. The van der Waals surface area contributed by atoms with E-state index in [1.807, 2.05) is 6.07 Å². The van der Waals surface area contributed by atoms with Gasteiger partial charge in [-0.3, -0.25) is 0 Å². The smallest absolute Gasteiger partial charge is 0.123 e. The highest BCUT2D eigenvalue weighted by molar-refractivity contribution is 5.54. The van der Waals surface area contributed by atoms with Gasteiger partial charge in [-0.15, -0.1) is 0 Å². The summed E-state index contributed by atoms with van der Waals surface area (Å²) in [5, 5.41) is 3.49. The fraction of sp³-hybridized carbons (Fsp3) is 0.625. The molecule has 2 fully saturated rings. The Bertz CT molecular complexity index is 446. The predicted octanol–water partition coefficient (Wildman–Crippen LogP) is 3.17. The van der Waals surface area contributed by atoms with E-state index < -0.39 is 0 Å². The monoisotopic (exact) mass is 262 g/mol. The van der Waals surface area contributed by atoms with Gasteiger partial charge in [0.25, 0.3) is 0 Å². The first-order valence-corrected chi connectivity index (χ1v) is 7.40. The Morgan fingerprint density at radius 3 is 2.53 bits per heavy atom. The Hall–Kier alpha value is -1.09. The normalized spacial score (nSPS) is 27.0. The van der Waals surface area contributed by atoms with Crippen LogP contribution in [0.25, 0.3) is 0 Å². The second kappa shape index (κ2) is 5.12. The minimum atomic E-state index is -0.128. The minimum absolute atomic E-state index is 0.128. The Labute approximate surface area is 115 Å². The molecule has 0 bridgehead atoms. The third-order valence-corrected chi connectivity index (χ3v) is 4.53. The number of rotatable bonds is 4. The number of benzene rings is 1. The molecule has 2 nitrogen and oxygen atoms in total. The molecule has 2 unspecified atom stereocenters. The van der Waals surface area contributed by atoms with Gasteiger partial charge < -0.3 is 10.2 Å². The fourth-order valence-corrected chi connectivity index (χ4v) is 2.87. The molecular formula is C16H23FN2. The predicted molar refractivity (Wildman–Crippen MR) is 76.8 cm³/mol. The average Bonchev–Trinajstić information content (AvgIpc) is 3.14. The standard InChI is InChI=1S/C16H23FN2/c1-11-9-19(10-12(11)2)16-6-3-14(17)7-13(16)8-18-15-4-5-15/h3,6-7,11-12,15,18H,4-5,8-10H2,1-2H3. The van der Waals surface area contributed by atoms with Gasteiger partial charge in [0.15, 0.2) is 0 Å². The molecule has 2 atom stereocenters. The van der Waals surface area contributed by atoms with Gasteiger partial charge in [0.1, 0.15) is 5.82 Å². The van der Waals surface area contributed by atoms with Crippen LogP contribution in [0.15, 0.2) is 18.2 Å². The van der Waals surface area contributed by atoms with Gasteiger partial charge in [0.2, 0.25) is 0 Å². The minimum Gasteiger partial charge on any atom is -0.371 e. The van der Waals surface area contributed by atoms with Crippen LogP contribution in [0.3, 0.4) is 0 Å². The van der Waals surface area contributed by atoms with E-state index in [-0.39, 0.29) is 5.82 Å². The molecule has 1 aliphatic carbocycles. The molecule has 1 saturated carbocycles. The van der Waals surface area contributed by atoms with Gasteiger partial charge >= 0.3 is 0 Å². The summed E-state index contributed by atoms with van der Waals surface area (Å²) in [7, 11) is 0. The van der Waals surface area contributed by atoms with Crippen LogP contribution in [-0.2, 0) is 6.54 Å². The molecule has 0 radical (unpaired) electrons. The van der Waals surface area contributed by atoms with Gasteiger partial charge in [-0.2, -0.15) is 0 Å². The van der Waals surface area contributed by atoms with Crippen LogP contribution < -0.4 is 10.2 Å². The summed E-state index contributed by atoms with van der Waals surface area (Å²) >= 11 is 0. The Balaban J connectivity index is 1.78. The molecule has 1 saturated heterocycles. The zero-order valence-corrected chi connectivity index (χ0v) is 11.8. The highest BCUT2D eigenvalue weighted by Crippen LogP contribution is 2.31. The van der Waals surface area contributed by atoms with Crippen LogP contribution in [0.2, 0.25) is 0 Å². The lowest BCUT2D eigenvalue weighted by Gasteiger charge is -2.22. The molecule has 19 heavy (non-hydrogen) atoms. The highest BCUT2D eigenvalue weighted by atomic mass is 19.1. The van der Waals surface area contributed by atoms with Crippen LogP contribution in [0, 0.1) is 17.7 Å². The quantitative estimate of drug-likeness (QED) is 0.896. The summed E-state index contributed by atoms with van der Waals surface area (Å²) < 4.78 is 13.5. The van der Waals surface area contributed by atoms with Gasteiger partial charge in [-0.05, 0) is 48.4 Å². The van der Waals surface area contributed by atoms with Crippen molar-refractivity contribution < 1.29 is 4.39 Å². The fourth-order valence-electron chi connectivity index (χ4n) is 2.87. The van der Waals surface area contributed by atoms with Crippen LogP contribution in [0.5, 0.6) is 0 Å². The zero-order chi connectivity index (χ0) is 13.4. The second-order valence-electron chi connectivity index (χ2n) is 6.29. The van der Waals surface area contributed by atoms with E-state index in [1.54, 1.807) is 12.1 Å². The number of nitrogens with zero attached hydrogens (tertiary/aromatic N) is 1. The number of hydrogen-bond donors (Lipinski definition) is 1. The Morgan fingerprint density at radius 2 is 1.89 bits per heavy atom. The zero-order valence-electron chi connectivity index (χ0n) is 11.8. The van der Waals surface area contributed by atoms with Crippen molar-refractivity contribution in [2.75, 3.05) is 18.0 Å². The van der Waals surface area contributed by atoms with Crippen molar-refractivity contribution in [1.29, 1.82) is 0 Å². The Morgan fingerprint density at radius 1 is 1.21 bits per heavy atom. The van der Waals surface area contributed by atoms with E-state index in [1.165, 1.54) is 18.5 Å². The average molecular weight is 262 g/mol. The van der Waals surface area contributed by atoms with Crippen LogP contribution in [0.1, 0.15) is 32.3 Å². The first-order valence-electron chi connectivity index (χ1n) is 7.40. The largest absolute Gasteiger partial charge is 0.371 e. The van der Waals surface area contributed by atoms with E-state index in [4.69, 9.17) is 0 Å². The van der Waals surface area contributed by atoms with Gasteiger partial charge in [0, 0.05) is 31.4 Å². The maximum atomic E-state index is 13.5. The molecule has 1 heterocycles. The van der Waals surface area contributed by atoms with Crippen LogP contribution in [0.4, 0.5) is 10.1 Å². The van der Waals surface area contributed by atoms with Gasteiger partial charge in [-0.25, -0.2) is 4.39 Å². The maximum absolute atomic E-state index is 13.5. The summed E-state index contributed by atoms with van der Waals surface area (Å²) in [5.41, 5.74) is 2.32. The van der Waals surface area contributed by atoms with E-state index >= 15 is 0 Å². The summed E-state index contributed by atoms with van der Waals surface area (Å²) in [6.07, 6.45) is 2.53. The van der Waals surface area contributed by atoms with Crippen molar-refractivity contribution in [1.82, 2.24) is 5.32 Å². The van der Waals surface area contributed by atoms with Gasteiger partial charge in [-0.1, -0.05) is 13.8 Å². The number of hydrogen-bond acceptors (Lipinski definition) is 2. The summed E-state index contributed by atoms with van der Waals surface area (Å²) in [5.74, 6) is 1.31. The van der Waals surface area contributed by atoms with E-state index in [9.17, 15) is 4.39 Å². The topological polar surface area (TPSA) is 15.3 Å². The van der Waals surface area contributed by atoms with Crippen molar-refractivity contribution in [2.45, 2.75) is 39.3 Å². The summed E-state index contributed by atoms with van der Waals surface area (Å²) in [6, 6.07) is 5.89. The van der Waals surface area contributed by atoms with Crippen LogP contribution >= 0.6 is 0 Å². The molecule has 0 aromatic heterocycles. The molecule has 1 aliphatic heterocycles. The summed E-state index contributed by atoms with van der Waals surface area (Å²) in [4.78, 5) is 2.42. The lowest BCUT2D eigenvalue weighted by atomic mass is 10.0. The third kappa shape index (κ3) is 2.92. The SMILES string of the molecule is CC1CN(c2ccc(F)cc2CNC2CC2)CC1C. The molecule has 3 heteroatoms. The lowest BCUT2D eigenvalue weighted by Crippen LogP contribution is -2.23. The molecule has 1 aromatic carbocycles. The molecule has 104 valence electrons. The van der Waals surface area contributed by atoms with E-state index in [0.29, 0.717) is 17.9 Å². The first-order chi connectivity index (χ1) is 9.13. The lowest BCUT2D eigenvalue weighted by molar-refractivity contribution is 0.494. The molecular weight excluding hydrogens is 239 g/mol. The van der Waals surface area contributed by atoms with Crippen molar-refractivity contribution in [3.63, 3.8) is 0 Å². The third-order valence-electron chi connectivity index (χ3n) is 4.53. The van der Waals surface area contributed by atoms with Crippen LogP contribution in [-0.4, -0.2) is 19.1 Å².